The number of aromatic nitrogens is 1. The largest absolute Gasteiger partial charge is 0.423 e. The van der Waals surface area contributed by atoms with E-state index in [-0.39, 0.29) is 11.7 Å². The van der Waals surface area contributed by atoms with Crippen molar-refractivity contribution in [2.45, 2.75) is 26.3 Å². The number of nitrogens with two attached hydrogens (primary N) is 1. The SMILES string of the molecule is CC(C)CC(CN)Nc1nc2ccc([N+](=O)[O-])cc2o1. The number of hydrogen-bond acceptors (Lipinski definition) is 6. The number of anilines is 1. The highest BCUT2D eigenvalue weighted by atomic mass is 16.6. The van der Waals surface area contributed by atoms with E-state index in [1.165, 1.54) is 12.1 Å². The molecule has 0 saturated heterocycles. The predicted octanol–water partition coefficient (Wildman–Crippen LogP) is 2.52. The molecule has 0 saturated carbocycles. The topological polar surface area (TPSA) is 107 Å². The average molecular weight is 278 g/mol. The molecular weight excluding hydrogens is 260 g/mol. The Kier molecular flexibility index (Phi) is 4.19. The molecule has 3 N–H and O–H groups in total. The molecule has 1 aromatic heterocycles. The van der Waals surface area contributed by atoms with E-state index in [1.54, 1.807) is 6.07 Å². The van der Waals surface area contributed by atoms with Gasteiger partial charge in [-0.1, -0.05) is 13.8 Å². The number of nitro benzene ring substituents is 1. The standard InChI is InChI=1S/C13H18N4O3/c1-8(2)5-9(7-14)15-13-16-11-4-3-10(17(18)19)6-12(11)20-13/h3-4,6,8-9H,5,7,14H2,1-2H3,(H,15,16). The minimum Gasteiger partial charge on any atom is -0.423 e. The van der Waals surface area contributed by atoms with Gasteiger partial charge in [-0.05, 0) is 18.4 Å². The first-order chi connectivity index (χ1) is 9.49. The minimum absolute atomic E-state index is 0.0160. The molecule has 1 heterocycles. The van der Waals surface area contributed by atoms with Gasteiger partial charge in [0.15, 0.2) is 5.58 Å². The number of nitrogens with zero attached hydrogens (tertiary/aromatic N) is 2. The van der Waals surface area contributed by atoms with Crippen molar-refractivity contribution in [2.24, 2.45) is 11.7 Å². The van der Waals surface area contributed by atoms with Gasteiger partial charge in [0.1, 0.15) is 5.52 Å². The molecule has 0 spiro atoms. The van der Waals surface area contributed by atoms with Crippen LogP contribution in [0.25, 0.3) is 11.1 Å². The second kappa shape index (κ2) is 5.87. The summed E-state index contributed by atoms with van der Waals surface area (Å²) in [5, 5.41) is 13.8. The van der Waals surface area contributed by atoms with Crippen LogP contribution in [0.2, 0.25) is 0 Å². The van der Waals surface area contributed by atoms with Crippen LogP contribution in [0.4, 0.5) is 11.7 Å². The number of rotatable bonds is 6. The highest BCUT2D eigenvalue weighted by molar-refractivity contribution is 5.77. The monoisotopic (exact) mass is 278 g/mol. The molecule has 0 amide bonds. The van der Waals surface area contributed by atoms with Gasteiger partial charge in [-0.2, -0.15) is 4.98 Å². The summed E-state index contributed by atoms with van der Waals surface area (Å²) in [6.07, 6.45) is 0.898. The van der Waals surface area contributed by atoms with Crippen molar-refractivity contribution in [3.05, 3.63) is 28.3 Å². The second-order valence-corrected chi connectivity index (χ2v) is 5.13. The quantitative estimate of drug-likeness (QED) is 0.621. The summed E-state index contributed by atoms with van der Waals surface area (Å²) in [5.41, 5.74) is 6.66. The summed E-state index contributed by atoms with van der Waals surface area (Å²) < 4.78 is 5.49. The van der Waals surface area contributed by atoms with Gasteiger partial charge < -0.3 is 15.5 Å². The van der Waals surface area contributed by atoms with E-state index in [2.05, 4.69) is 24.1 Å². The van der Waals surface area contributed by atoms with Gasteiger partial charge in [0.25, 0.3) is 11.7 Å². The van der Waals surface area contributed by atoms with Gasteiger partial charge in [0.05, 0.1) is 11.0 Å². The Morgan fingerprint density at radius 1 is 1.50 bits per heavy atom. The fourth-order valence-electron chi connectivity index (χ4n) is 2.05. The van der Waals surface area contributed by atoms with Crippen LogP contribution in [0.15, 0.2) is 22.6 Å². The molecule has 2 aromatic rings. The Balaban J connectivity index is 2.20. The van der Waals surface area contributed by atoms with Gasteiger partial charge in [-0.3, -0.25) is 10.1 Å². The van der Waals surface area contributed by atoms with E-state index >= 15 is 0 Å². The van der Waals surface area contributed by atoms with Crippen LogP contribution in [0, 0.1) is 16.0 Å². The van der Waals surface area contributed by atoms with E-state index in [0.717, 1.165) is 6.42 Å². The Bertz CT molecular complexity index is 609. The molecule has 0 bridgehead atoms. The molecule has 0 aliphatic carbocycles. The lowest BCUT2D eigenvalue weighted by Gasteiger charge is -2.17. The fourth-order valence-corrected chi connectivity index (χ4v) is 2.05. The first-order valence-corrected chi connectivity index (χ1v) is 6.51. The van der Waals surface area contributed by atoms with Crippen LogP contribution in [0.1, 0.15) is 20.3 Å². The van der Waals surface area contributed by atoms with E-state index in [0.29, 0.717) is 29.6 Å². The van der Waals surface area contributed by atoms with Crippen molar-refractivity contribution >= 4 is 22.8 Å². The number of hydrogen-bond donors (Lipinski definition) is 2. The third kappa shape index (κ3) is 3.24. The first kappa shape index (κ1) is 14.3. The lowest BCUT2D eigenvalue weighted by atomic mass is 10.0. The van der Waals surface area contributed by atoms with Crippen molar-refractivity contribution in [3.8, 4) is 0 Å². The predicted molar refractivity (Wildman–Crippen MR) is 76.6 cm³/mol. The van der Waals surface area contributed by atoms with Crippen molar-refractivity contribution in [2.75, 3.05) is 11.9 Å². The van der Waals surface area contributed by atoms with Crippen molar-refractivity contribution in [1.82, 2.24) is 4.98 Å². The molecule has 7 nitrogen and oxygen atoms in total. The number of fused-ring (bicyclic) bond motifs is 1. The molecule has 1 aromatic carbocycles. The summed E-state index contributed by atoms with van der Waals surface area (Å²) in [7, 11) is 0. The third-order valence-corrected chi connectivity index (χ3v) is 2.95. The molecule has 0 aliphatic rings. The molecule has 108 valence electrons. The zero-order valence-corrected chi connectivity index (χ0v) is 11.5. The van der Waals surface area contributed by atoms with Gasteiger partial charge in [-0.25, -0.2) is 0 Å². The van der Waals surface area contributed by atoms with Crippen LogP contribution in [0.5, 0.6) is 0 Å². The zero-order valence-electron chi connectivity index (χ0n) is 11.5. The lowest BCUT2D eigenvalue weighted by Crippen LogP contribution is -2.30. The number of nitrogens with one attached hydrogen (secondary N) is 1. The second-order valence-electron chi connectivity index (χ2n) is 5.13. The molecule has 0 aliphatic heterocycles. The molecule has 1 unspecified atom stereocenters. The Morgan fingerprint density at radius 2 is 2.25 bits per heavy atom. The lowest BCUT2D eigenvalue weighted by molar-refractivity contribution is -0.384. The van der Waals surface area contributed by atoms with E-state index in [4.69, 9.17) is 10.2 Å². The maximum Gasteiger partial charge on any atom is 0.295 e. The van der Waals surface area contributed by atoms with Crippen LogP contribution in [0.3, 0.4) is 0 Å². The van der Waals surface area contributed by atoms with Gasteiger partial charge in [0.2, 0.25) is 0 Å². The Labute approximate surface area is 116 Å². The van der Waals surface area contributed by atoms with Crippen LogP contribution >= 0.6 is 0 Å². The maximum atomic E-state index is 10.7. The Morgan fingerprint density at radius 3 is 2.85 bits per heavy atom. The van der Waals surface area contributed by atoms with Gasteiger partial charge >= 0.3 is 0 Å². The molecule has 0 radical (unpaired) electrons. The molecular formula is C13H18N4O3. The van der Waals surface area contributed by atoms with E-state index in [1.807, 2.05) is 0 Å². The summed E-state index contributed by atoms with van der Waals surface area (Å²) in [4.78, 5) is 14.5. The maximum absolute atomic E-state index is 10.7. The third-order valence-electron chi connectivity index (χ3n) is 2.95. The van der Waals surface area contributed by atoms with Crippen LogP contribution in [-0.4, -0.2) is 22.5 Å². The number of oxazole rings is 1. The smallest absolute Gasteiger partial charge is 0.295 e. The molecule has 7 heteroatoms. The average Bonchev–Trinajstić information content (AvgIpc) is 2.78. The zero-order chi connectivity index (χ0) is 14.7. The molecule has 0 fully saturated rings. The summed E-state index contributed by atoms with van der Waals surface area (Å²) in [6, 6.07) is 4.76. The Hall–Kier alpha value is -2.15. The van der Waals surface area contributed by atoms with Gasteiger partial charge in [0, 0.05) is 18.7 Å². The summed E-state index contributed by atoms with van der Waals surface area (Å²) >= 11 is 0. The highest BCUT2D eigenvalue weighted by Crippen LogP contribution is 2.24. The van der Waals surface area contributed by atoms with E-state index in [9.17, 15) is 10.1 Å². The minimum atomic E-state index is -0.462. The highest BCUT2D eigenvalue weighted by Gasteiger charge is 2.15. The van der Waals surface area contributed by atoms with Gasteiger partial charge in [-0.15, -0.1) is 0 Å². The van der Waals surface area contributed by atoms with Crippen LogP contribution in [-0.2, 0) is 0 Å². The van der Waals surface area contributed by atoms with Crippen molar-refractivity contribution in [3.63, 3.8) is 0 Å². The normalized spacial score (nSPS) is 12.8. The molecule has 20 heavy (non-hydrogen) atoms. The van der Waals surface area contributed by atoms with Crippen LogP contribution < -0.4 is 11.1 Å². The number of non-ortho nitro benzene ring substituents is 1. The summed E-state index contributed by atoms with van der Waals surface area (Å²) in [6.45, 7) is 4.69. The van der Waals surface area contributed by atoms with Crippen molar-refractivity contribution < 1.29 is 9.34 Å². The van der Waals surface area contributed by atoms with E-state index < -0.39 is 4.92 Å². The fraction of sp³-hybridized carbons (Fsp3) is 0.462. The summed E-state index contributed by atoms with van der Waals surface area (Å²) in [5.74, 6) is 0.501. The number of nitro groups is 1. The molecule has 2 rings (SSSR count). The first-order valence-electron chi connectivity index (χ1n) is 6.51. The number of benzene rings is 1. The molecule has 1 atom stereocenters. The van der Waals surface area contributed by atoms with Crippen molar-refractivity contribution in [1.29, 1.82) is 0 Å².